The molecule has 0 fully saturated rings. The van der Waals surface area contributed by atoms with Crippen LogP contribution in [0.4, 0.5) is 0 Å². The highest BCUT2D eigenvalue weighted by Gasteiger charge is 2.10. The first-order valence-corrected chi connectivity index (χ1v) is 8.30. The van der Waals surface area contributed by atoms with Gasteiger partial charge in [-0.1, -0.05) is 57.9 Å². The van der Waals surface area contributed by atoms with Gasteiger partial charge in [0.2, 0.25) is 0 Å². The predicted molar refractivity (Wildman–Crippen MR) is 97.7 cm³/mol. The second kappa shape index (κ2) is 5.45. The molecule has 0 saturated heterocycles. The topological polar surface area (TPSA) is 4.93 Å². The van der Waals surface area contributed by atoms with E-state index < -0.39 is 0 Å². The summed E-state index contributed by atoms with van der Waals surface area (Å²) in [5, 5.41) is 3.33. The fourth-order valence-electron chi connectivity index (χ4n) is 2.97. The number of nitrogens with zero attached hydrogens (tertiary/aromatic N) is 1. The number of para-hydroxylation sites is 1. The summed E-state index contributed by atoms with van der Waals surface area (Å²) in [7, 11) is 0. The summed E-state index contributed by atoms with van der Waals surface area (Å²) < 4.78 is 3.47. The lowest BCUT2D eigenvalue weighted by molar-refractivity contribution is 0.869. The summed E-state index contributed by atoms with van der Waals surface area (Å²) in [5.41, 5.74) is 3.75. The van der Waals surface area contributed by atoms with Crippen LogP contribution < -0.4 is 0 Å². The van der Waals surface area contributed by atoms with Crippen molar-refractivity contribution < 1.29 is 0 Å². The van der Waals surface area contributed by atoms with Crippen molar-refractivity contribution in [2.24, 2.45) is 0 Å². The zero-order chi connectivity index (χ0) is 15.1. The van der Waals surface area contributed by atoms with Crippen molar-refractivity contribution in [1.29, 1.82) is 0 Å². The molecule has 1 nitrogen and oxygen atoms in total. The maximum atomic E-state index is 5.99. The molecule has 1 heterocycles. The van der Waals surface area contributed by atoms with E-state index in [0.29, 0.717) is 0 Å². The molecule has 108 valence electrons. The molecule has 0 aliphatic heterocycles. The maximum absolute atomic E-state index is 5.99. The van der Waals surface area contributed by atoms with Gasteiger partial charge in [0.25, 0.3) is 0 Å². The van der Waals surface area contributed by atoms with E-state index in [9.17, 15) is 0 Å². The first kappa shape index (κ1) is 13.9. The van der Waals surface area contributed by atoms with Crippen LogP contribution in [0.1, 0.15) is 5.56 Å². The van der Waals surface area contributed by atoms with Crippen molar-refractivity contribution in [3.63, 3.8) is 0 Å². The smallest absolute Gasteiger partial charge is 0.0495 e. The minimum atomic E-state index is 0.773. The van der Waals surface area contributed by atoms with Crippen LogP contribution in [0, 0.1) is 0 Å². The molecule has 0 saturated carbocycles. The minimum absolute atomic E-state index is 0.773. The van der Waals surface area contributed by atoms with Gasteiger partial charge in [-0.3, -0.25) is 0 Å². The fraction of sp³-hybridized carbons (Fsp3) is 0.0526. The van der Waals surface area contributed by atoms with E-state index in [1.165, 1.54) is 27.4 Å². The van der Waals surface area contributed by atoms with Crippen molar-refractivity contribution in [1.82, 2.24) is 4.57 Å². The summed E-state index contributed by atoms with van der Waals surface area (Å²) in [6.45, 7) is 0.836. The van der Waals surface area contributed by atoms with Crippen LogP contribution in [0.2, 0.25) is 5.02 Å². The second-order valence-corrected chi connectivity index (χ2v) is 6.74. The van der Waals surface area contributed by atoms with E-state index in [2.05, 4.69) is 75.1 Å². The van der Waals surface area contributed by atoms with Crippen LogP contribution >= 0.6 is 27.5 Å². The van der Waals surface area contributed by atoms with Gasteiger partial charge in [0, 0.05) is 37.8 Å². The maximum Gasteiger partial charge on any atom is 0.0495 e. The summed E-state index contributed by atoms with van der Waals surface area (Å²) >= 11 is 9.57. The molecule has 0 aliphatic carbocycles. The summed E-state index contributed by atoms with van der Waals surface area (Å²) in [6, 6.07) is 23.1. The molecule has 4 aromatic rings. The molecule has 0 unspecified atom stereocenters. The third-order valence-corrected chi connectivity index (χ3v) is 4.73. The third kappa shape index (κ3) is 2.33. The van der Waals surface area contributed by atoms with Crippen LogP contribution in [-0.2, 0) is 6.54 Å². The Morgan fingerprint density at radius 3 is 2.36 bits per heavy atom. The summed E-state index contributed by atoms with van der Waals surface area (Å²) in [6.07, 6.45) is 0. The average molecular weight is 371 g/mol. The first-order chi connectivity index (χ1) is 10.7. The van der Waals surface area contributed by atoms with Gasteiger partial charge in [0.15, 0.2) is 0 Å². The number of aromatic nitrogens is 1. The van der Waals surface area contributed by atoms with Crippen LogP contribution in [0.25, 0.3) is 21.8 Å². The Morgan fingerprint density at radius 2 is 1.55 bits per heavy atom. The number of fused-ring (bicyclic) bond motifs is 3. The van der Waals surface area contributed by atoms with Crippen LogP contribution in [0.15, 0.2) is 71.2 Å². The Kier molecular flexibility index (Phi) is 3.44. The number of rotatable bonds is 2. The van der Waals surface area contributed by atoms with Gasteiger partial charge >= 0.3 is 0 Å². The van der Waals surface area contributed by atoms with E-state index in [4.69, 9.17) is 11.6 Å². The molecule has 0 bridgehead atoms. The van der Waals surface area contributed by atoms with E-state index in [0.717, 1.165) is 16.0 Å². The molecular weight excluding hydrogens is 358 g/mol. The first-order valence-electron chi connectivity index (χ1n) is 7.13. The normalized spacial score (nSPS) is 11.4. The van der Waals surface area contributed by atoms with E-state index >= 15 is 0 Å². The standard InChI is InChI=1S/C19H13BrClN/c20-14-7-10-19-17(11-14)16-3-1-2-4-18(16)22(19)12-13-5-8-15(21)9-6-13/h1-11H,12H2. The van der Waals surface area contributed by atoms with Gasteiger partial charge in [0.1, 0.15) is 0 Å². The van der Waals surface area contributed by atoms with Crippen LogP contribution in [0.3, 0.4) is 0 Å². The predicted octanol–water partition coefficient (Wildman–Crippen LogP) is 6.26. The Morgan fingerprint density at radius 1 is 0.818 bits per heavy atom. The molecule has 0 amide bonds. The van der Waals surface area contributed by atoms with Gasteiger partial charge in [-0.15, -0.1) is 0 Å². The molecule has 0 N–H and O–H groups in total. The number of halogens is 2. The lowest BCUT2D eigenvalue weighted by atomic mass is 10.2. The molecule has 22 heavy (non-hydrogen) atoms. The molecule has 0 atom stereocenters. The number of hydrogen-bond donors (Lipinski definition) is 0. The highest BCUT2D eigenvalue weighted by molar-refractivity contribution is 9.10. The van der Waals surface area contributed by atoms with E-state index in [-0.39, 0.29) is 0 Å². The summed E-state index contributed by atoms with van der Waals surface area (Å²) in [5.74, 6) is 0. The van der Waals surface area contributed by atoms with Gasteiger partial charge in [-0.25, -0.2) is 0 Å². The van der Waals surface area contributed by atoms with Crippen molar-refractivity contribution >= 4 is 49.3 Å². The molecule has 0 radical (unpaired) electrons. The number of hydrogen-bond acceptors (Lipinski definition) is 0. The molecule has 0 aliphatic rings. The lowest BCUT2D eigenvalue weighted by Crippen LogP contribution is -1.98. The van der Waals surface area contributed by atoms with Crippen molar-refractivity contribution in [2.75, 3.05) is 0 Å². The SMILES string of the molecule is Clc1ccc(Cn2c3ccccc3c3cc(Br)ccc32)cc1. The third-order valence-electron chi connectivity index (χ3n) is 3.99. The van der Waals surface area contributed by atoms with E-state index in [1.807, 2.05) is 12.1 Å². The molecule has 3 heteroatoms. The van der Waals surface area contributed by atoms with Crippen molar-refractivity contribution in [2.45, 2.75) is 6.54 Å². The molecule has 4 rings (SSSR count). The largest absolute Gasteiger partial charge is 0.336 e. The Labute approximate surface area is 142 Å². The van der Waals surface area contributed by atoms with Gasteiger partial charge in [-0.05, 0) is 42.0 Å². The number of benzene rings is 3. The highest BCUT2D eigenvalue weighted by Crippen LogP contribution is 2.31. The molecule has 1 aromatic heterocycles. The van der Waals surface area contributed by atoms with Crippen molar-refractivity contribution in [3.05, 3.63) is 81.8 Å². The molecule has 0 spiro atoms. The van der Waals surface area contributed by atoms with Crippen LogP contribution in [0.5, 0.6) is 0 Å². The molecular formula is C19H13BrClN. The van der Waals surface area contributed by atoms with Gasteiger partial charge in [0.05, 0.1) is 0 Å². The Balaban J connectivity index is 1.96. The zero-order valence-electron chi connectivity index (χ0n) is 11.8. The Bertz CT molecular complexity index is 970. The van der Waals surface area contributed by atoms with Crippen molar-refractivity contribution in [3.8, 4) is 0 Å². The second-order valence-electron chi connectivity index (χ2n) is 5.39. The summed E-state index contributed by atoms with van der Waals surface area (Å²) in [4.78, 5) is 0. The van der Waals surface area contributed by atoms with Gasteiger partial charge < -0.3 is 4.57 Å². The average Bonchev–Trinajstić information content (AvgIpc) is 2.83. The van der Waals surface area contributed by atoms with Crippen LogP contribution in [-0.4, -0.2) is 4.57 Å². The van der Waals surface area contributed by atoms with E-state index in [1.54, 1.807) is 0 Å². The van der Waals surface area contributed by atoms with Gasteiger partial charge in [-0.2, -0.15) is 0 Å². The molecule has 3 aromatic carbocycles. The lowest BCUT2D eigenvalue weighted by Gasteiger charge is -2.08. The minimum Gasteiger partial charge on any atom is -0.336 e. The highest BCUT2D eigenvalue weighted by atomic mass is 79.9. The zero-order valence-corrected chi connectivity index (χ0v) is 14.1. The quantitative estimate of drug-likeness (QED) is 0.392. The fourth-order valence-corrected chi connectivity index (χ4v) is 3.46. The monoisotopic (exact) mass is 369 g/mol. The Hall–Kier alpha value is -1.77.